The fourth-order valence-corrected chi connectivity index (χ4v) is 5.02. The van der Waals surface area contributed by atoms with E-state index in [0.717, 1.165) is 20.4 Å². The zero-order valence-electron chi connectivity index (χ0n) is 19.5. The van der Waals surface area contributed by atoms with E-state index in [2.05, 4.69) is 81.3 Å². The molecule has 0 aliphatic heterocycles. The van der Waals surface area contributed by atoms with Gasteiger partial charge in [-0.1, -0.05) is 6.07 Å². The normalized spacial score (nSPS) is 10.9. The molecule has 0 fully saturated rings. The van der Waals surface area contributed by atoms with Gasteiger partial charge in [-0.05, 0) is 107 Å². The Labute approximate surface area is 239 Å². The van der Waals surface area contributed by atoms with Crippen molar-refractivity contribution in [1.29, 1.82) is 0 Å². The van der Waals surface area contributed by atoms with E-state index in [1.807, 2.05) is 38.1 Å². The second kappa shape index (κ2) is 11.6. The van der Waals surface area contributed by atoms with Crippen molar-refractivity contribution >= 4 is 86.3 Å². The van der Waals surface area contributed by atoms with Crippen molar-refractivity contribution in [3.05, 3.63) is 88.5 Å². The molecular weight excluding hydrogens is 702 g/mol. The summed E-state index contributed by atoms with van der Waals surface area (Å²) >= 11 is 4.22. The highest BCUT2D eigenvalue weighted by molar-refractivity contribution is 14.1. The first kappa shape index (κ1) is 26.5. The SMILES string of the molecule is Cc1ccc(Nc2nc(N/N=C/c3cc(I)cc(I)c3O)nc(Nc3ccc([N+](=O)[O-])cc3)n2)cc1C. The molecule has 37 heavy (non-hydrogen) atoms. The van der Waals surface area contributed by atoms with Crippen LogP contribution in [0.4, 0.5) is 34.9 Å². The van der Waals surface area contributed by atoms with Gasteiger partial charge in [-0.3, -0.25) is 10.1 Å². The number of hydrogen-bond donors (Lipinski definition) is 4. The largest absolute Gasteiger partial charge is 0.506 e. The Balaban J connectivity index is 1.62. The van der Waals surface area contributed by atoms with Crippen LogP contribution in [0, 0.1) is 31.1 Å². The number of aromatic hydroxyl groups is 1. The van der Waals surface area contributed by atoms with Gasteiger partial charge in [0.1, 0.15) is 5.75 Å². The van der Waals surface area contributed by atoms with Crippen molar-refractivity contribution in [3.63, 3.8) is 0 Å². The van der Waals surface area contributed by atoms with Gasteiger partial charge >= 0.3 is 0 Å². The average Bonchev–Trinajstić information content (AvgIpc) is 2.84. The van der Waals surface area contributed by atoms with Crippen molar-refractivity contribution in [3.8, 4) is 5.75 Å². The molecule has 4 rings (SSSR count). The van der Waals surface area contributed by atoms with Gasteiger partial charge in [-0.25, -0.2) is 5.43 Å². The maximum atomic E-state index is 10.9. The lowest BCUT2D eigenvalue weighted by molar-refractivity contribution is -0.384. The number of rotatable bonds is 8. The smallest absolute Gasteiger partial charge is 0.269 e. The maximum Gasteiger partial charge on any atom is 0.269 e. The molecule has 0 spiro atoms. The van der Waals surface area contributed by atoms with Crippen molar-refractivity contribution in [1.82, 2.24) is 15.0 Å². The lowest BCUT2D eigenvalue weighted by Crippen LogP contribution is -2.07. The van der Waals surface area contributed by atoms with Gasteiger partial charge in [0.25, 0.3) is 5.69 Å². The van der Waals surface area contributed by atoms with Gasteiger partial charge in [0, 0.05) is 32.6 Å². The van der Waals surface area contributed by atoms with Crippen LogP contribution < -0.4 is 16.1 Å². The molecule has 4 aromatic rings. The van der Waals surface area contributed by atoms with Gasteiger partial charge < -0.3 is 15.7 Å². The highest BCUT2D eigenvalue weighted by Crippen LogP contribution is 2.26. The lowest BCUT2D eigenvalue weighted by Gasteiger charge is -2.11. The number of non-ortho nitro benzene ring substituents is 1. The molecule has 188 valence electrons. The van der Waals surface area contributed by atoms with Crippen LogP contribution in [0.1, 0.15) is 16.7 Å². The molecule has 0 radical (unpaired) electrons. The molecule has 0 aliphatic carbocycles. The minimum atomic E-state index is -0.467. The number of nitrogens with one attached hydrogen (secondary N) is 3. The Kier molecular flexibility index (Phi) is 8.32. The number of phenols is 1. The fourth-order valence-electron chi connectivity index (χ4n) is 3.13. The van der Waals surface area contributed by atoms with Crippen molar-refractivity contribution in [2.45, 2.75) is 13.8 Å². The molecule has 1 aromatic heterocycles. The molecule has 4 N–H and O–H groups in total. The summed E-state index contributed by atoms with van der Waals surface area (Å²) in [5.41, 5.74) is 6.91. The number of hydrogen-bond acceptors (Lipinski definition) is 10. The summed E-state index contributed by atoms with van der Waals surface area (Å²) in [6, 6.07) is 15.4. The third-order valence-corrected chi connectivity index (χ3v) is 6.60. The van der Waals surface area contributed by atoms with Crippen molar-refractivity contribution < 1.29 is 10.0 Å². The van der Waals surface area contributed by atoms with Crippen molar-refractivity contribution in [2.75, 3.05) is 16.1 Å². The number of aromatic nitrogens is 3. The van der Waals surface area contributed by atoms with Crippen LogP contribution >= 0.6 is 45.2 Å². The van der Waals surface area contributed by atoms with Crippen LogP contribution in [0.2, 0.25) is 0 Å². The highest BCUT2D eigenvalue weighted by atomic mass is 127. The number of nitro benzene ring substituents is 1. The molecule has 1 heterocycles. The van der Waals surface area contributed by atoms with Crippen LogP contribution in [0.3, 0.4) is 0 Å². The van der Waals surface area contributed by atoms with Gasteiger partial charge in [-0.2, -0.15) is 20.1 Å². The van der Waals surface area contributed by atoms with Crippen LogP contribution in [0.5, 0.6) is 5.75 Å². The minimum absolute atomic E-state index is 0.0246. The van der Waals surface area contributed by atoms with Crippen LogP contribution in [-0.4, -0.2) is 31.2 Å². The molecule has 3 aromatic carbocycles. The summed E-state index contributed by atoms with van der Waals surface area (Å²) in [7, 11) is 0. The number of nitrogens with zero attached hydrogens (tertiary/aromatic N) is 5. The Bertz CT molecular complexity index is 1500. The van der Waals surface area contributed by atoms with Gasteiger partial charge in [0.2, 0.25) is 17.8 Å². The average molecular weight is 722 g/mol. The number of phenolic OH excluding ortho intramolecular Hbond substituents is 1. The van der Waals surface area contributed by atoms with Gasteiger partial charge in [-0.15, -0.1) is 0 Å². The second-order valence-electron chi connectivity index (χ2n) is 7.85. The van der Waals surface area contributed by atoms with Crippen molar-refractivity contribution in [2.24, 2.45) is 5.10 Å². The predicted octanol–water partition coefficient (Wildman–Crippen LogP) is 6.24. The summed E-state index contributed by atoms with van der Waals surface area (Å²) in [4.78, 5) is 23.6. The molecule has 0 atom stereocenters. The molecule has 0 saturated carbocycles. The maximum absolute atomic E-state index is 10.9. The minimum Gasteiger partial charge on any atom is -0.506 e. The van der Waals surface area contributed by atoms with E-state index < -0.39 is 4.92 Å². The van der Waals surface area contributed by atoms with Gasteiger partial charge in [0.05, 0.1) is 14.7 Å². The molecule has 0 bridgehead atoms. The zero-order valence-corrected chi connectivity index (χ0v) is 23.8. The fraction of sp³-hybridized carbons (Fsp3) is 0.0833. The van der Waals surface area contributed by atoms with Crippen LogP contribution in [-0.2, 0) is 0 Å². The highest BCUT2D eigenvalue weighted by Gasteiger charge is 2.10. The van der Waals surface area contributed by atoms with Crippen LogP contribution in [0.25, 0.3) is 0 Å². The molecule has 13 heteroatoms. The molecule has 0 unspecified atom stereocenters. The van der Waals surface area contributed by atoms with E-state index in [1.54, 1.807) is 18.2 Å². The Morgan fingerprint density at radius 2 is 1.51 bits per heavy atom. The summed E-state index contributed by atoms with van der Waals surface area (Å²) in [5.74, 6) is 0.716. The molecule has 0 aliphatic rings. The molecule has 0 saturated heterocycles. The van der Waals surface area contributed by atoms with E-state index in [-0.39, 0.29) is 29.3 Å². The topological polar surface area (TPSA) is 150 Å². The summed E-state index contributed by atoms with van der Waals surface area (Å²) in [6.45, 7) is 4.04. The standard InChI is InChI=1S/C24H20I2N8O3/c1-13-3-4-18(9-14(13)2)29-23-30-22(28-17-5-7-19(8-6-17)34(36)37)31-24(32-23)33-27-12-15-10-16(25)11-20(26)21(15)35/h3-12,35H,1-2H3,(H3,28,29,30,31,32,33)/b27-12+. The van der Waals surface area contributed by atoms with E-state index >= 15 is 0 Å². The number of aryl methyl sites for hydroxylation is 2. The first-order chi connectivity index (χ1) is 17.7. The third-order valence-electron chi connectivity index (χ3n) is 5.16. The van der Waals surface area contributed by atoms with E-state index in [1.165, 1.54) is 18.3 Å². The molecular formula is C24H20I2N8O3. The monoisotopic (exact) mass is 722 g/mol. The first-order valence-electron chi connectivity index (χ1n) is 10.8. The zero-order chi connectivity index (χ0) is 26.5. The third kappa shape index (κ3) is 7.00. The summed E-state index contributed by atoms with van der Waals surface area (Å²) in [5, 5.41) is 31.6. The Morgan fingerprint density at radius 3 is 2.16 bits per heavy atom. The lowest BCUT2D eigenvalue weighted by atomic mass is 10.1. The van der Waals surface area contributed by atoms with E-state index in [4.69, 9.17) is 0 Å². The van der Waals surface area contributed by atoms with E-state index in [0.29, 0.717) is 14.8 Å². The number of halogens is 2. The predicted molar refractivity (Wildman–Crippen MR) is 160 cm³/mol. The number of anilines is 5. The van der Waals surface area contributed by atoms with E-state index in [9.17, 15) is 15.2 Å². The Hall–Kier alpha value is -3.60. The van der Waals surface area contributed by atoms with Gasteiger partial charge in [0.15, 0.2) is 0 Å². The van der Waals surface area contributed by atoms with Crippen LogP contribution in [0.15, 0.2) is 59.7 Å². The summed E-state index contributed by atoms with van der Waals surface area (Å²) < 4.78 is 1.66. The number of hydrazone groups is 1. The first-order valence-corrected chi connectivity index (χ1v) is 12.9. The molecule has 0 amide bonds. The summed E-state index contributed by atoms with van der Waals surface area (Å²) in [6.07, 6.45) is 1.48. The Morgan fingerprint density at radius 1 is 0.892 bits per heavy atom. The quantitative estimate of drug-likeness (QED) is 0.0717. The number of benzene rings is 3. The molecule has 11 nitrogen and oxygen atoms in total. The second-order valence-corrected chi connectivity index (χ2v) is 10.3. The number of nitro groups is 1.